The van der Waals surface area contributed by atoms with E-state index in [1.54, 1.807) is 0 Å². The fourth-order valence-corrected chi connectivity index (χ4v) is 7.98. The van der Waals surface area contributed by atoms with Crippen LogP contribution >= 0.6 is 35.2 Å². The molecule has 1 saturated heterocycles. The zero-order valence-electron chi connectivity index (χ0n) is 28.1. The number of aliphatic carboxylic acids is 1. The lowest BCUT2D eigenvalue weighted by molar-refractivity contribution is -0.137. The number of aliphatic hydroxyl groups excluding tert-OH is 2. The highest BCUT2D eigenvalue weighted by Crippen LogP contribution is 2.61. The van der Waals surface area contributed by atoms with Gasteiger partial charge in [0.2, 0.25) is 11.8 Å². The summed E-state index contributed by atoms with van der Waals surface area (Å²) in [5.74, 6) is -2.16. The second-order valence-electron chi connectivity index (χ2n) is 11.9. The summed E-state index contributed by atoms with van der Waals surface area (Å²) in [6.07, 6.45) is -6.97. The number of carbonyl (C=O) groups is 3. The van der Waals surface area contributed by atoms with Crippen molar-refractivity contribution < 1.29 is 85.6 Å². The summed E-state index contributed by atoms with van der Waals surface area (Å²) >= 11 is 1.12. The molecule has 8 atom stereocenters. The molecule has 2 aromatic heterocycles. The number of nitrogens with two attached hydrogens (primary N) is 1. The number of fused-ring (bicyclic) bond motifs is 1. The molecule has 29 heteroatoms. The maximum atomic E-state index is 12.6. The molecule has 0 bridgehead atoms. The zero-order valence-corrected chi connectivity index (χ0v) is 31.6. The number of thioether (sulfide) groups is 1. The molecule has 0 aliphatic carbocycles. The normalized spacial score (nSPS) is 22.8. The predicted molar refractivity (Wildman–Crippen MR) is 179 cm³/mol. The van der Waals surface area contributed by atoms with Crippen molar-refractivity contribution in [3.8, 4) is 0 Å². The first-order chi connectivity index (χ1) is 24.4. The summed E-state index contributed by atoms with van der Waals surface area (Å²) in [7, 11) is -16.4. The topological polar surface area (TPSA) is 384 Å². The SMILES string of the molecule is CC(SCCNC(=O)CCNC(=O)C(O)C(C)(C)COP(=O)(O)OP(=O)(O)OC[C@H]1O[C@@H](n2cnc3c(N)ncnc32)[C@H](O)[C@@H]1OP(=O)(O)O)C(=O)O. The molecule has 0 spiro atoms. The van der Waals surface area contributed by atoms with Gasteiger partial charge in [-0.3, -0.25) is 32.5 Å². The van der Waals surface area contributed by atoms with Crippen molar-refractivity contribution in [1.82, 2.24) is 30.2 Å². The number of nitrogens with one attached hydrogen (secondary N) is 2. The number of nitrogen functional groups attached to an aromatic ring is 1. The van der Waals surface area contributed by atoms with Gasteiger partial charge in [0.1, 0.15) is 36.3 Å². The highest BCUT2D eigenvalue weighted by atomic mass is 32.2. The van der Waals surface area contributed by atoms with Gasteiger partial charge >= 0.3 is 29.4 Å². The Bertz CT molecular complexity index is 1760. The summed E-state index contributed by atoms with van der Waals surface area (Å²) in [6.45, 7) is 1.90. The third kappa shape index (κ3) is 13.3. The molecule has 1 aliphatic heterocycles. The van der Waals surface area contributed by atoms with E-state index in [2.05, 4.69) is 34.4 Å². The Morgan fingerprint density at radius 3 is 2.38 bits per heavy atom. The second-order valence-corrected chi connectivity index (χ2v) is 17.6. The number of carboxylic acids is 1. The first-order valence-corrected chi connectivity index (χ1v) is 20.7. The molecule has 2 aromatic rings. The van der Waals surface area contributed by atoms with Crippen LogP contribution in [0.4, 0.5) is 5.82 Å². The number of phosphoric acid groups is 3. The smallest absolute Gasteiger partial charge is 0.480 e. The molecule has 300 valence electrons. The lowest BCUT2D eigenvalue weighted by Crippen LogP contribution is -2.46. The summed E-state index contributed by atoms with van der Waals surface area (Å²) in [5, 5.41) is 34.4. The number of anilines is 1. The van der Waals surface area contributed by atoms with E-state index in [1.807, 2.05) is 0 Å². The number of carbonyl (C=O) groups excluding carboxylic acids is 2. The molecule has 0 saturated carbocycles. The Morgan fingerprint density at radius 2 is 1.74 bits per heavy atom. The monoisotopic (exact) mass is 839 g/mol. The molecule has 4 unspecified atom stereocenters. The van der Waals surface area contributed by atoms with E-state index in [0.717, 1.165) is 29.0 Å². The van der Waals surface area contributed by atoms with Gasteiger partial charge in [-0.1, -0.05) is 13.8 Å². The molecular formula is C24H40N7O18P3S. The third-order valence-electron chi connectivity index (χ3n) is 7.22. The number of hydrogen-bond acceptors (Lipinski definition) is 18. The van der Waals surface area contributed by atoms with E-state index in [1.165, 1.54) is 20.8 Å². The minimum atomic E-state index is -5.57. The van der Waals surface area contributed by atoms with Gasteiger partial charge in [-0.2, -0.15) is 4.31 Å². The van der Waals surface area contributed by atoms with Crippen molar-refractivity contribution in [2.75, 3.05) is 37.8 Å². The van der Waals surface area contributed by atoms with Crippen molar-refractivity contribution in [3.63, 3.8) is 0 Å². The fraction of sp³-hybridized carbons (Fsp3) is 0.667. The number of rotatable bonds is 21. The van der Waals surface area contributed by atoms with Crippen LogP contribution in [-0.4, -0.2) is 134 Å². The van der Waals surface area contributed by atoms with E-state index in [0.29, 0.717) is 5.75 Å². The first-order valence-electron chi connectivity index (χ1n) is 15.2. The Balaban J connectivity index is 1.52. The number of aliphatic hydroxyl groups is 2. The van der Waals surface area contributed by atoms with Crippen LogP contribution in [0, 0.1) is 5.41 Å². The van der Waals surface area contributed by atoms with Gasteiger partial charge in [0, 0.05) is 30.7 Å². The molecule has 3 heterocycles. The van der Waals surface area contributed by atoms with Gasteiger partial charge in [0.05, 0.1) is 24.8 Å². The van der Waals surface area contributed by atoms with Crippen LogP contribution in [0.25, 0.3) is 11.2 Å². The van der Waals surface area contributed by atoms with Crippen molar-refractivity contribution in [2.45, 2.75) is 63.1 Å². The molecule has 1 aliphatic rings. The van der Waals surface area contributed by atoms with Gasteiger partial charge in [0.25, 0.3) is 0 Å². The van der Waals surface area contributed by atoms with Crippen molar-refractivity contribution in [3.05, 3.63) is 12.7 Å². The first kappa shape index (κ1) is 44.8. The van der Waals surface area contributed by atoms with E-state index in [4.69, 9.17) is 24.6 Å². The number of amides is 2. The molecule has 2 amide bonds. The van der Waals surface area contributed by atoms with E-state index < -0.39 is 95.8 Å². The molecule has 3 rings (SSSR count). The maximum Gasteiger partial charge on any atom is 0.481 e. The van der Waals surface area contributed by atoms with E-state index >= 15 is 0 Å². The van der Waals surface area contributed by atoms with Crippen LogP contribution in [0.5, 0.6) is 0 Å². The molecule has 1 fully saturated rings. The van der Waals surface area contributed by atoms with Crippen LogP contribution in [0.3, 0.4) is 0 Å². The fourth-order valence-electron chi connectivity index (χ4n) is 4.44. The number of hydrogen-bond donors (Lipinski definition) is 10. The van der Waals surface area contributed by atoms with Crippen LogP contribution in [0.2, 0.25) is 0 Å². The number of nitrogens with zero attached hydrogens (tertiary/aromatic N) is 4. The van der Waals surface area contributed by atoms with E-state index in [-0.39, 0.29) is 36.5 Å². The number of phosphoric ester groups is 3. The summed E-state index contributed by atoms with van der Waals surface area (Å²) in [6, 6.07) is 0. The van der Waals surface area contributed by atoms with Gasteiger partial charge < -0.3 is 56.0 Å². The van der Waals surface area contributed by atoms with Gasteiger partial charge in [0.15, 0.2) is 17.7 Å². The molecular weight excluding hydrogens is 799 g/mol. The number of imidazole rings is 1. The zero-order chi connectivity index (χ0) is 39.9. The Kier molecular flexibility index (Phi) is 15.5. The molecule has 53 heavy (non-hydrogen) atoms. The Morgan fingerprint density at radius 1 is 1.08 bits per heavy atom. The largest absolute Gasteiger partial charge is 0.481 e. The minimum Gasteiger partial charge on any atom is -0.480 e. The average Bonchev–Trinajstić information content (AvgIpc) is 3.60. The van der Waals surface area contributed by atoms with Gasteiger partial charge in [-0.25, -0.2) is 28.6 Å². The lowest BCUT2D eigenvalue weighted by Gasteiger charge is -2.30. The van der Waals surface area contributed by atoms with Crippen LogP contribution in [0.15, 0.2) is 12.7 Å². The lowest BCUT2D eigenvalue weighted by atomic mass is 9.87. The van der Waals surface area contributed by atoms with Crippen LogP contribution in [-0.2, 0) is 50.7 Å². The van der Waals surface area contributed by atoms with Crippen LogP contribution < -0.4 is 16.4 Å². The maximum absolute atomic E-state index is 12.6. The summed E-state index contributed by atoms with van der Waals surface area (Å²) in [5.41, 5.74) is 4.23. The summed E-state index contributed by atoms with van der Waals surface area (Å²) < 4.78 is 61.9. The van der Waals surface area contributed by atoms with Crippen molar-refractivity contribution in [1.29, 1.82) is 0 Å². The standard InChI is InChI=1S/C24H40N7O18P3S/c1-12(23(36)37)53-7-6-26-14(32)4-5-27-21(35)18(34)24(2,3)9-46-52(43,44)49-51(41,42)45-8-13-17(48-50(38,39)40)16(33)22(47-13)31-11-30-15-19(25)28-10-29-20(15)31/h10-13,16-18,22,33-34H,4-9H2,1-3H3,(H,26,32)(H,27,35)(H,36,37)(H,41,42)(H,43,44)(H2,25,28,29)(H2,38,39,40)/t12?,13-,16-,17-,18?,22-/m1/s1. The minimum absolute atomic E-state index is 0.0258. The highest BCUT2D eigenvalue weighted by Gasteiger charge is 2.50. The average molecular weight is 840 g/mol. The quantitative estimate of drug-likeness (QED) is 0.0511. The number of aromatic nitrogens is 4. The number of ether oxygens (including phenoxy) is 1. The molecule has 0 radical (unpaired) electrons. The molecule has 0 aromatic carbocycles. The summed E-state index contributed by atoms with van der Waals surface area (Å²) in [4.78, 5) is 86.0. The van der Waals surface area contributed by atoms with Gasteiger partial charge in [-0.05, 0) is 6.92 Å². The van der Waals surface area contributed by atoms with Crippen molar-refractivity contribution in [2.24, 2.45) is 5.41 Å². The predicted octanol–water partition coefficient (Wildman–Crippen LogP) is -1.39. The number of carboxylic acid groups (broad SMARTS) is 1. The second kappa shape index (κ2) is 18.3. The van der Waals surface area contributed by atoms with Crippen LogP contribution in [0.1, 0.15) is 33.4 Å². The molecule has 25 nitrogen and oxygen atoms in total. The third-order valence-corrected chi connectivity index (χ3v) is 11.5. The highest BCUT2D eigenvalue weighted by molar-refractivity contribution is 8.00. The van der Waals surface area contributed by atoms with Gasteiger partial charge in [-0.15, -0.1) is 11.8 Å². The Labute approximate surface area is 304 Å². The van der Waals surface area contributed by atoms with Crippen molar-refractivity contribution >= 4 is 70.0 Å². The Hall–Kier alpha value is -2.64. The molecule has 11 N–H and O–H groups in total. The van der Waals surface area contributed by atoms with E-state index in [9.17, 15) is 57.9 Å².